The van der Waals surface area contributed by atoms with E-state index in [-0.39, 0.29) is 5.41 Å². The summed E-state index contributed by atoms with van der Waals surface area (Å²) in [4.78, 5) is 12.4. The van der Waals surface area contributed by atoms with Gasteiger partial charge in [-0.15, -0.1) is 0 Å². The first-order valence-electron chi connectivity index (χ1n) is 8.13. The quantitative estimate of drug-likeness (QED) is 0.534. The van der Waals surface area contributed by atoms with Crippen LogP contribution in [0.5, 0.6) is 0 Å². The van der Waals surface area contributed by atoms with Gasteiger partial charge in [-0.05, 0) is 25.2 Å². The largest absolute Gasteiger partial charge is 0.384 e. The zero-order valence-corrected chi connectivity index (χ0v) is 13.2. The van der Waals surface area contributed by atoms with Gasteiger partial charge in [-0.2, -0.15) is 0 Å². The number of unbranched alkanes of at least 4 members (excludes halogenated alkanes) is 3. The Kier molecular flexibility index (Phi) is 7.67. The molecule has 1 aliphatic carbocycles. The van der Waals surface area contributed by atoms with Gasteiger partial charge in [-0.25, -0.2) is 0 Å². The lowest BCUT2D eigenvalue weighted by molar-refractivity contribution is -0.131. The van der Waals surface area contributed by atoms with Gasteiger partial charge in [-0.3, -0.25) is 4.79 Å². The highest BCUT2D eigenvalue weighted by Gasteiger charge is 2.39. The van der Waals surface area contributed by atoms with Gasteiger partial charge in [0.25, 0.3) is 0 Å². The molecule has 2 nitrogen and oxygen atoms in total. The molecule has 0 radical (unpaired) electrons. The van der Waals surface area contributed by atoms with Crippen LogP contribution in [-0.2, 0) is 9.53 Å². The Hall–Kier alpha value is -0.370. The molecule has 1 saturated carbocycles. The highest BCUT2D eigenvalue weighted by molar-refractivity contribution is 5.85. The van der Waals surface area contributed by atoms with Gasteiger partial charge >= 0.3 is 0 Å². The van der Waals surface area contributed by atoms with Gasteiger partial charge in [0, 0.05) is 13.5 Å². The number of rotatable bonds is 10. The fourth-order valence-corrected chi connectivity index (χ4v) is 3.29. The highest BCUT2D eigenvalue weighted by Crippen LogP contribution is 2.40. The van der Waals surface area contributed by atoms with E-state index in [1.165, 1.54) is 38.5 Å². The fourth-order valence-electron chi connectivity index (χ4n) is 3.29. The molecule has 0 heterocycles. The molecule has 0 aromatic heterocycles. The van der Waals surface area contributed by atoms with Gasteiger partial charge in [0.1, 0.15) is 5.78 Å². The Morgan fingerprint density at radius 2 is 1.74 bits per heavy atom. The molecule has 1 rings (SSSR count). The lowest BCUT2D eigenvalue weighted by Gasteiger charge is -2.26. The topological polar surface area (TPSA) is 26.3 Å². The summed E-state index contributed by atoms with van der Waals surface area (Å²) in [6.45, 7) is 5.19. The summed E-state index contributed by atoms with van der Waals surface area (Å²) in [5.41, 5.74) is -0.118. The van der Waals surface area contributed by atoms with Crippen LogP contribution in [0.4, 0.5) is 0 Å². The normalized spacial score (nSPS) is 18.1. The van der Waals surface area contributed by atoms with Crippen LogP contribution in [0, 0.1) is 11.3 Å². The molecule has 0 amide bonds. The van der Waals surface area contributed by atoms with E-state index in [0.29, 0.717) is 12.4 Å². The first kappa shape index (κ1) is 16.7. The maximum absolute atomic E-state index is 12.4. The van der Waals surface area contributed by atoms with E-state index in [4.69, 9.17) is 4.74 Å². The first-order chi connectivity index (χ1) is 9.10. The van der Waals surface area contributed by atoms with Crippen LogP contribution in [-0.4, -0.2) is 19.5 Å². The van der Waals surface area contributed by atoms with Gasteiger partial charge in [0.2, 0.25) is 0 Å². The molecule has 0 bridgehead atoms. The molecule has 0 spiro atoms. The average molecular weight is 268 g/mol. The number of carbonyl (C=O) groups is 1. The Bertz CT molecular complexity index is 252. The van der Waals surface area contributed by atoms with E-state index in [1.807, 2.05) is 0 Å². The Labute approximate surface area is 119 Å². The maximum Gasteiger partial charge on any atom is 0.141 e. The molecule has 0 atom stereocenters. The molecule has 0 N–H and O–H groups in total. The molecule has 1 fully saturated rings. The van der Waals surface area contributed by atoms with Crippen LogP contribution in [0.25, 0.3) is 0 Å². The summed E-state index contributed by atoms with van der Waals surface area (Å²) in [5, 5.41) is 0. The second-order valence-corrected chi connectivity index (χ2v) is 6.69. The van der Waals surface area contributed by atoms with Crippen molar-refractivity contribution in [1.82, 2.24) is 0 Å². The Balaban J connectivity index is 2.18. The minimum absolute atomic E-state index is 0.118. The van der Waals surface area contributed by atoms with E-state index in [1.54, 1.807) is 7.11 Å². The minimum atomic E-state index is -0.118. The number of hydrogen-bond acceptors (Lipinski definition) is 2. The van der Waals surface area contributed by atoms with Gasteiger partial charge < -0.3 is 4.74 Å². The second-order valence-electron chi connectivity index (χ2n) is 6.69. The molecular formula is C17H32O2. The lowest BCUT2D eigenvalue weighted by Crippen LogP contribution is -2.32. The van der Waals surface area contributed by atoms with Crippen molar-refractivity contribution >= 4 is 5.78 Å². The smallest absolute Gasteiger partial charge is 0.141 e. The van der Waals surface area contributed by atoms with E-state index < -0.39 is 0 Å². The van der Waals surface area contributed by atoms with Crippen LogP contribution in [0.15, 0.2) is 0 Å². The molecule has 0 unspecified atom stereocenters. The summed E-state index contributed by atoms with van der Waals surface area (Å²) < 4.78 is 5.30. The van der Waals surface area contributed by atoms with Gasteiger partial charge in [-0.1, -0.05) is 52.4 Å². The van der Waals surface area contributed by atoms with Crippen molar-refractivity contribution < 1.29 is 9.53 Å². The summed E-state index contributed by atoms with van der Waals surface area (Å²) in [6, 6.07) is 0. The van der Waals surface area contributed by atoms with Crippen LogP contribution in [0.1, 0.15) is 78.1 Å². The van der Waals surface area contributed by atoms with Crippen LogP contribution >= 0.6 is 0 Å². The third kappa shape index (κ3) is 5.64. The standard InChI is InChI=1S/C17H32O2/c1-15(2)10-6-4-5-7-11-16(18)17(14-19-3)12-8-9-13-17/h15H,4-14H2,1-3H3. The van der Waals surface area contributed by atoms with Crippen LogP contribution < -0.4 is 0 Å². The first-order valence-corrected chi connectivity index (χ1v) is 8.13. The predicted octanol–water partition coefficient (Wildman–Crippen LogP) is 4.76. The molecule has 0 aliphatic heterocycles. The third-order valence-corrected chi connectivity index (χ3v) is 4.51. The van der Waals surface area contributed by atoms with Gasteiger partial charge in [0.15, 0.2) is 0 Å². The average Bonchev–Trinajstić information content (AvgIpc) is 2.83. The van der Waals surface area contributed by atoms with Crippen molar-refractivity contribution in [1.29, 1.82) is 0 Å². The van der Waals surface area contributed by atoms with Crippen molar-refractivity contribution in [3.05, 3.63) is 0 Å². The number of ether oxygens (including phenoxy) is 1. The molecule has 2 heteroatoms. The second kappa shape index (κ2) is 8.73. The minimum Gasteiger partial charge on any atom is -0.384 e. The van der Waals surface area contributed by atoms with Crippen molar-refractivity contribution in [2.75, 3.05) is 13.7 Å². The zero-order valence-electron chi connectivity index (χ0n) is 13.2. The molecule has 0 saturated heterocycles. The molecule has 1 aliphatic rings. The molecule has 19 heavy (non-hydrogen) atoms. The lowest BCUT2D eigenvalue weighted by atomic mass is 9.80. The Morgan fingerprint density at radius 1 is 1.11 bits per heavy atom. The van der Waals surface area contributed by atoms with Crippen molar-refractivity contribution in [3.8, 4) is 0 Å². The SMILES string of the molecule is COCC1(C(=O)CCCCCCC(C)C)CCCC1. The number of ketones is 1. The van der Waals surface area contributed by atoms with Crippen molar-refractivity contribution in [2.24, 2.45) is 11.3 Å². The monoisotopic (exact) mass is 268 g/mol. The fraction of sp³-hybridized carbons (Fsp3) is 0.941. The van der Waals surface area contributed by atoms with E-state index in [0.717, 1.165) is 31.6 Å². The number of Topliss-reactive ketones (excluding diaryl/α,β-unsaturated/α-hetero) is 1. The summed E-state index contributed by atoms with van der Waals surface area (Å²) in [5.74, 6) is 1.28. The number of methoxy groups -OCH3 is 1. The third-order valence-electron chi connectivity index (χ3n) is 4.51. The van der Waals surface area contributed by atoms with E-state index in [2.05, 4.69) is 13.8 Å². The van der Waals surface area contributed by atoms with Crippen LogP contribution in [0.2, 0.25) is 0 Å². The molecule has 112 valence electrons. The van der Waals surface area contributed by atoms with Crippen molar-refractivity contribution in [2.45, 2.75) is 78.1 Å². The van der Waals surface area contributed by atoms with Crippen molar-refractivity contribution in [3.63, 3.8) is 0 Å². The Morgan fingerprint density at radius 3 is 2.32 bits per heavy atom. The number of carbonyl (C=O) groups excluding carboxylic acids is 1. The highest BCUT2D eigenvalue weighted by atomic mass is 16.5. The maximum atomic E-state index is 12.4. The summed E-state index contributed by atoms with van der Waals surface area (Å²) in [7, 11) is 1.72. The van der Waals surface area contributed by atoms with Crippen LogP contribution in [0.3, 0.4) is 0 Å². The van der Waals surface area contributed by atoms with E-state index >= 15 is 0 Å². The summed E-state index contributed by atoms with van der Waals surface area (Å²) in [6.07, 6.45) is 11.5. The van der Waals surface area contributed by atoms with E-state index in [9.17, 15) is 4.79 Å². The number of hydrogen-bond donors (Lipinski definition) is 0. The molecule has 0 aromatic rings. The summed E-state index contributed by atoms with van der Waals surface area (Å²) >= 11 is 0. The predicted molar refractivity (Wildman–Crippen MR) is 80.3 cm³/mol. The van der Waals surface area contributed by atoms with Gasteiger partial charge in [0.05, 0.1) is 12.0 Å². The zero-order chi connectivity index (χ0) is 14.1. The molecule has 0 aromatic carbocycles. The molecular weight excluding hydrogens is 236 g/mol.